The molecule has 272 valence electrons. The molecule has 1 aromatic heterocycles. The Hall–Kier alpha value is -7.75. The van der Waals surface area contributed by atoms with Crippen molar-refractivity contribution in [3.8, 4) is 89.8 Å². The SMILES string of the molecule is c1ccc(-c2nc(-c3ccccc3)nc(-c3ccc(-c4ccc5c(c4)C4(c6ccccc6-5)c5ccccc5-c5c4cc4c6c(cccc56)-c5ccccc5-4)cc3)n2)cc1. The molecule has 9 aromatic carbocycles. The number of aromatic nitrogens is 3. The van der Waals surface area contributed by atoms with Crippen molar-refractivity contribution in [2.45, 2.75) is 5.41 Å². The molecule has 1 heterocycles. The fourth-order valence-corrected chi connectivity index (χ4v) is 10.4. The van der Waals surface area contributed by atoms with Crippen LogP contribution in [0.5, 0.6) is 0 Å². The third-order valence-corrected chi connectivity index (χ3v) is 12.9. The Balaban J connectivity index is 0.994. The maximum absolute atomic E-state index is 4.99. The van der Waals surface area contributed by atoms with Crippen molar-refractivity contribution in [2.24, 2.45) is 0 Å². The summed E-state index contributed by atoms with van der Waals surface area (Å²) in [7, 11) is 0. The topological polar surface area (TPSA) is 38.7 Å². The first-order valence-corrected chi connectivity index (χ1v) is 20.3. The quantitative estimate of drug-likeness (QED) is 0.180. The molecule has 0 fully saturated rings. The minimum atomic E-state index is -0.474. The molecule has 0 bridgehead atoms. The van der Waals surface area contributed by atoms with Gasteiger partial charge in [-0.1, -0.05) is 188 Å². The zero-order valence-electron chi connectivity index (χ0n) is 31.9. The highest BCUT2D eigenvalue weighted by molar-refractivity contribution is 6.21. The molecule has 0 saturated carbocycles. The lowest BCUT2D eigenvalue weighted by molar-refractivity contribution is 0.795. The zero-order chi connectivity index (χ0) is 38.7. The van der Waals surface area contributed by atoms with Gasteiger partial charge in [-0.25, -0.2) is 15.0 Å². The van der Waals surface area contributed by atoms with Gasteiger partial charge < -0.3 is 0 Å². The van der Waals surface area contributed by atoms with E-state index in [1.54, 1.807) is 0 Å². The van der Waals surface area contributed by atoms with Crippen molar-refractivity contribution in [1.82, 2.24) is 15.0 Å². The molecular formula is C56H33N3. The van der Waals surface area contributed by atoms with Gasteiger partial charge in [0.05, 0.1) is 5.41 Å². The smallest absolute Gasteiger partial charge is 0.164 e. The van der Waals surface area contributed by atoms with Gasteiger partial charge in [-0.3, -0.25) is 0 Å². The van der Waals surface area contributed by atoms with Crippen LogP contribution in [0.1, 0.15) is 22.3 Å². The normalized spacial score (nSPS) is 14.8. The van der Waals surface area contributed by atoms with E-state index in [1.807, 2.05) is 60.7 Å². The van der Waals surface area contributed by atoms with Crippen molar-refractivity contribution >= 4 is 10.8 Å². The molecule has 3 aliphatic rings. The second kappa shape index (κ2) is 12.1. The summed E-state index contributed by atoms with van der Waals surface area (Å²) < 4.78 is 0. The summed E-state index contributed by atoms with van der Waals surface area (Å²) in [6, 6.07) is 72.7. The van der Waals surface area contributed by atoms with Gasteiger partial charge in [-0.05, 0) is 101 Å². The monoisotopic (exact) mass is 747 g/mol. The van der Waals surface area contributed by atoms with Crippen LogP contribution < -0.4 is 0 Å². The van der Waals surface area contributed by atoms with Crippen LogP contribution >= 0.6 is 0 Å². The molecule has 3 nitrogen and oxygen atoms in total. The fraction of sp³-hybridized carbons (Fsp3) is 0.0179. The Morgan fingerprint density at radius 3 is 1.41 bits per heavy atom. The zero-order valence-corrected chi connectivity index (χ0v) is 31.9. The molecule has 3 heteroatoms. The minimum absolute atomic E-state index is 0.474. The Kier molecular flexibility index (Phi) is 6.65. The van der Waals surface area contributed by atoms with Gasteiger partial charge >= 0.3 is 0 Å². The van der Waals surface area contributed by atoms with Gasteiger partial charge in [-0.15, -0.1) is 0 Å². The molecular weight excluding hydrogens is 715 g/mol. The number of hydrogen-bond donors (Lipinski definition) is 0. The van der Waals surface area contributed by atoms with E-state index < -0.39 is 5.41 Å². The predicted molar refractivity (Wildman–Crippen MR) is 240 cm³/mol. The van der Waals surface area contributed by atoms with Crippen LogP contribution in [0.2, 0.25) is 0 Å². The standard InChI is InChI=1S/C56H33N3/c1-3-14-35(15-4-1)53-57-54(36-16-5-2-6-17-36)59-55(58-53)37-28-26-34(27-29-37)38-30-31-42-41-20-9-11-24-47(41)56(49(42)32-38)48-25-12-10-21-44(48)52-45-23-13-22-43-39-18-7-8-19-40(39)46(51(43)45)33-50(52)56/h1-33H. The second-order valence-electron chi connectivity index (χ2n) is 15.8. The molecule has 0 saturated heterocycles. The molecule has 10 aromatic rings. The van der Waals surface area contributed by atoms with E-state index in [2.05, 4.69) is 140 Å². The van der Waals surface area contributed by atoms with Gasteiger partial charge in [0.25, 0.3) is 0 Å². The molecule has 59 heavy (non-hydrogen) atoms. The predicted octanol–water partition coefficient (Wildman–Crippen LogP) is 13.7. The lowest BCUT2D eigenvalue weighted by Crippen LogP contribution is -2.26. The first-order valence-electron chi connectivity index (χ1n) is 20.3. The van der Waals surface area contributed by atoms with Crippen molar-refractivity contribution in [3.05, 3.63) is 222 Å². The van der Waals surface area contributed by atoms with Crippen LogP contribution in [0.25, 0.3) is 101 Å². The van der Waals surface area contributed by atoms with Crippen LogP contribution in [-0.4, -0.2) is 15.0 Å². The van der Waals surface area contributed by atoms with Crippen molar-refractivity contribution in [2.75, 3.05) is 0 Å². The van der Waals surface area contributed by atoms with Gasteiger partial charge in [0.15, 0.2) is 17.5 Å². The summed E-state index contributed by atoms with van der Waals surface area (Å²) in [4.78, 5) is 14.9. The van der Waals surface area contributed by atoms with Crippen LogP contribution in [-0.2, 0) is 5.41 Å². The summed E-state index contributed by atoms with van der Waals surface area (Å²) >= 11 is 0. The number of hydrogen-bond acceptors (Lipinski definition) is 3. The molecule has 3 aliphatic carbocycles. The molecule has 13 rings (SSSR count). The molecule has 0 N–H and O–H groups in total. The third kappa shape index (κ3) is 4.44. The summed E-state index contributed by atoms with van der Waals surface area (Å²) in [5, 5.41) is 2.70. The Bertz CT molecular complexity index is 3310. The summed E-state index contributed by atoms with van der Waals surface area (Å²) in [6.07, 6.45) is 0. The highest BCUT2D eigenvalue weighted by atomic mass is 15.0. The van der Waals surface area contributed by atoms with Gasteiger partial charge in [-0.2, -0.15) is 0 Å². The minimum Gasteiger partial charge on any atom is -0.208 e. The molecule has 1 atom stereocenters. The van der Waals surface area contributed by atoms with Crippen LogP contribution in [0.3, 0.4) is 0 Å². The molecule has 1 spiro atoms. The Morgan fingerprint density at radius 2 is 0.746 bits per heavy atom. The number of rotatable bonds is 4. The van der Waals surface area contributed by atoms with E-state index in [-0.39, 0.29) is 0 Å². The maximum atomic E-state index is 4.99. The van der Waals surface area contributed by atoms with Crippen LogP contribution in [0.4, 0.5) is 0 Å². The average Bonchev–Trinajstić information content (AvgIpc) is 3.92. The largest absolute Gasteiger partial charge is 0.208 e. The first kappa shape index (κ1) is 32.3. The third-order valence-electron chi connectivity index (χ3n) is 12.9. The van der Waals surface area contributed by atoms with Gasteiger partial charge in [0.2, 0.25) is 0 Å². The van der Waals surface area contributed by atoms with Crippen molar-refractivity contribution < 1.29 is 0 Å². The van der Waals surface area contributed by atoms with Crippen LogP contribution in [0, 0.1) is 0 Å². The lowest BCUT2D eigenvalue weighted by Gasteiger charge is -2.31. The molecule has 1 unspecified atom stereocenters. The second-order valence-corrected chi connectivity index (χ2v) is 15.8. The average molecular weight is 748 g/mol. The van der Waals surface area contributed by atoms with Crippen molar-refractivity contribution in [3.63, 3.8) is 0 Å². The van der Waals surface area contributed by atoms with E-state index in [9.17, 15) is 0 Å². The van der Waals surface area contributed by atoms with Gasteiger partial charge in [0.1, 0.15) is 0 Å². The fourth-order valence-electron chi connectivity index (χ4n) is 10.4. The number of nitrogens with zero attached hydrogens (tertiary/aromatic N) is 3. The number of fused-ring (bicyclic) bond motifs is 14. The summed E-state index contributed by atoms with van der Waals surface area (Å²) in [6.45, 7) is 0. The number of benzene rings is 9. The van der Waals surface area contributed by atoms with Crippen LogP contribution in [0.15, 0.2) is 200 Å². The van der Waals surface area contributed by atoms with E-state index in [1.165, 1.54) is 83.1 Å². The highest BCUT2D eigenvalue weighted by Gasteiger charge is 2.52. The summed E-state index contributed by atoms with van der Waals surface area (Å²) in [5.41, 5.74) is 20.7. The molecule has 0 amide bonds. The van der Waals surface area contributed by atoms with E-state index in [4.69, 9.17) is 15.0 Å². The molecule has 0 radical (unpaired) electrons. The first-order chi connectivity index (χ1) is 29.3. The summed E-state index contributed by atoms with van der Waals surface area (Å²) in [5.74, 6) is 1.97. The lowest BCUT2D eigenvalue weighted by atomic mass is 9.69. The van der Waals surface area contributed by atoms with E-state index in [0.717, 1.165) is 22.3 Å². The Morgan fingerprint density at radius 1 is 0.271 bits per heavy atom. The molecule has 0 aliphatic heterocycles. The van der Waals surface area contributed by atoms with Crippen molar-refractivity contribution in [1.29, 1.82) is 0 Å². The maximum Gasteiger partial charge on any atom is 0.164 e. The highest BCUT2D eigenvalue weighted by Crippen LogP contribution is 2.66. The van der Waals surface area contributed by atoms with E-state index >= 15 is 0 Å². The van der Waals surface area contributed by atoms with E-state index in [0.29, 0.717) is 17.5 Å². The van der Waals surface area contributed by atoms with Gasteiger partial charge in [0, 0.05) is 16.7 Å². The Labute approximate surface area is 342 Å².